The first-order valence-corrected chi connectivity index (χ1v) is 9.64. The molecule has 146 valence electrons. The Morgan fingerprint density at radius 3 is 2.36 bits per heavy atom. The molecule has 0 radical (unpaired) electrons. The van der Waals surface area contributed by atoms with Crippen LogP contribution in [-0.4, -0.2) is 20.7 Å². The largest absolute Gasteiger partial charge is 0.345 e. The van der Waals surface area contributed by atoms with Gasteiger partial charge in [0, 0.05) is 18.1 Å². The normalized spacial score (nSPS) is 13.2. The lowest BCUT2D eigenvalue weighted by Gasteiger charge is -2.22. The Morgan fingerprint density at radius 2 is 1.79 bits per heavy atom. The number of aryl methyl sites for hydroxylation is 2. The van der Waals surface area contributed by atoms with Gasteiger partial charge in [0.1, 0.15) is 0 Å². The minimum atomic E-state index is -0.230. The van der Waals surface area contributed by atoms with Crippen LogP contribution in [0, 0.1) is 33.6 Å². The Balaban J connectivity index is 1.80. The zero-order valence-electron chi connectivity index (χ0n) is 17.2. The molecular formula is C23H28N4O. The molecule has 0 spiro atoms. The minimum absolute atomic E-state index is 0.000339. The van der Waals surface area contributed by atoms with Crippen molar-refractivity contribution in [2.75, 3.05) is 0 Å². The van der Waals surface area contributed by atoms with Gasteiger partial charge in [0.25, 0.3) is 0 Å². The molecule has 5 heteroatoms. The van der Waals surface area contributed by atoms with Crippen LogP contribution in [0.1, 0.15) is 46.6 Å². The van der Waals surface area contributed by atoms with Crippen LogP contribution in [0.2, 0.25) is 0 Å². The van der Waals surface area contributed by atoms with Crippen molar-refractivity contribution in [2.45, 2.75) is 47.2 Å². The van der Waals surface area contributed by atoms with Crippen LogP contribution in [0.4, 0.5) is 0 Å². The van der Waals surface area contributed by atoms with E-state index in [2.05, 4.69) is 53.5 Å². The lowest BCUT2D eigenvalue weighted by molar-refractivity contribution is -0.125. The number of nitrogens with one attached hydrogen (secondary N) is 1. The molecule has 0 fully saturated rings. The second kappa shape index (κ2) is 8.38. The lowest BCUT2D eigenvalue weighted by Crippen LogP contribution is -2.35. The van der Waals surface area contributed by atoms with E-state index in [0.717, 1.165) is 22.5 Å². The van der Waals surface area contributed by atoms with Crippen LogP contribution < -0.4 is 5.32 Å². The number of hydrogen-bond donors (Lipinski definition) is 1. The number of aromatic nitrogens is 3. The summed E-state index contributed by atoms with van der Waals surface area (Å²) in [5, 5.41) is 7.77. The van der Waals surface area contributed by atoms with Crippen molar-refractivity contribution in [3.8, 4) is 0 Å². The third-order valence-electron chi connectivity index (χ3n) is 5.35. The monoisotopic (exact) mass is 376 g/mol. The second-order valence-electron chi connectivity index (χ2n) is 7.52. The summed E-state index contributed by atoms with van der Waals surface area (Å²) < 4.78 is 1.93. The van der Waals surface area contributed by atoms with Crippen molar-refractivity contribution >= 4 is 5.91 Å². The predicted octanol–water partition coefficient (Wildman–Crippen LogP) is 4.05. The van der Waals surface area contributed by atoms with Gasteiger partial charge in [-0.15, -0.1) is 0 Å². The maximum absolute atomic E-state index is 13.0. The first-order valence-electron chi connectivity index (χ1n) is 9.64. The van der Waals surface area contributed by atoms with Gasteiger partial charge in [-0.1, -0.05) is 42.8 Å². The Morgan fingerprint density at radius 1 is 1.07 bits per heavy atom. The Bertz CT molecular complexity index is 945. The number of carbonyl (C=O) groups excluding carboxylic acids is 1. The minimum Gasteiger partial charge on any atom is -0.345 e. The molecule has 3 rings (SSSR count). The van der Waals surface area contributed by atoms with Crippen molar-refractivity contribution in [2.24, 2.45) is 5.92 Å². The Labute approximate surface area is 166 Å². The van der Waals surface area contributed by atoms with Crippen molar-refractivity contribution in [3.05, 3.63) is 82.4 Å². The predicted molar refractivity (Wildman–Crippen MR) is 111 cm³/mol. The Kier molecular flexibility index (Phi) is 5.93. The SMILES string of the molecule is Cc1ccc(C(NC(=O)C(C)Cn2nc(C)c(C)c2C)c2cccnc2)cc1. The molecular weight excluding hydrogens is 348 g/mol. The third-order valence-corrected chi connectivity index (χ3v) is 5.35. The van der Waals surface area contributed by atoms with Crippen LogP contribution in [-0.2, 0) is 11.3 Å². The molecule has 2 unspecified atom stereocenters. The zero-order chi connectivity index (χ0) is 20.3. The van der Waals surface area contributed by atoms with Gasteiger partial charge in [0.15, 0.2) is 0 Å². The highest BCUT2D eigenvalue weighted by Gasteiger charge is 2.22. The molecule has 1 amide bonds. The summed E-state index contributed by atoms with van der Waals surface area (Å²) in [6, 6.07) is 11.9. The number of pyridine rings is 1. The summed E-state index contributed by atoms with van der Waals surface area (Å²) in [7, 11) is 0. The molecule has 2 heterocycles. The molecule has 1 aromatic carbocycles. The van der Waals surface area contributed by atoms with Crippen molar-refractivity contribution in [1.29, 1.82) is 0 Å². The maximum Gasteiger partial charge on any atom is 0.225 e. The molecule has 0 saturated carbocycles. The molecule has 2 aromatic heterocycles. The third kappa shape index (κ3) is 4.30. The van der Waals surface area contributed by atoms with E-state index in [1.165, 1.54) is 11.1 Å². The molecule has 0 aliphatic heterocycles. The zero-order valence-corrected chi connectivity index (χ0v) is 17.2. The van der Waals surface area contributed by atoms with Gasteiger partial charge in [0.2, 0.25) is 5.91 Å². The molecule has 3 aromatic rings. The van der Waals surface area contributed by atoms with Gasteiger partial charge < -0.3 is 5.32 Å². The highest BCUT2D eigenvalue weighted by atomic mass is 16.2. The van der Waals surface area contributed by atoms with E-state index in [-0.39, 0.29) is 17.9 Å². The highest BCUT2D eigenvalue weighted by Crippen LogP contribution is 2.23. The van der Waals surface area contributed by atoms with Crippen LogP contribution >= 0.6 is 0 Å². The fraction of sp³-hybridized carbons (Fsp3) is 0.348. The van der Waals surface area contributed by atoms with Gasteiger partial charge >= 0.3 is 0 Å². The van der Waals surface area contributed by atoms with Crippen molar-refractivity contribution < 1.29 is 4.79 Å². The molecule has 0 saturated heterocycles. The summed E-state index contributed by atoms with van der Waals surface area (Å²) in [4.78, 5) is 17.2. The van der Waals surface area contributed by atoms with Gasteiger partial charge in [-0.25, -0.2) is 0 Å². The second-order valence-corrected chi connectivity index (χ2v) is 7.52. The average Bonchev–Trinajstić information content (AvgIpc) is 2.94. The maximum atomic E-state index is 13.0. The van der Waals surface area contributed by atoms with Gasteiger partial charge in [0.05, 0.1) is 24.2 Å². The first kappa shape index (κ1) is 19.8. The van der Waals surface area contributed by atoms with Gasteiger partial charge in [-0.05, 0) is 50.5 Å². The first-order chi connectivity index (χ1) is 13.4. The molecule has 0 aliphatic carbocycles. The number of carbonyl (C=O) groups is 1. The Hall–Kier alpha value is -2.95. The van der Waals surface area contributed by atoms with Crippen molar-refractivity contribution in [1.82, 2.24) is 20.1 Å². The fourth-order valence-corrected chi connectivity index (χ4v) is 3.26. The highest BCUT2D eigenvalue weighted by molar-refractivity contribution is 5.79. The quantitative estimate of drug-likeness (QED) is 0.706. The van der Waals surface area contributed by atoms with E-state index in [1.54, 1.807) is 12.4 Å². The van der Waals surface area contributed by atoms with E-state index in [1.807, 2.05) is 37.6 Å². The number of rotatable bonds is 6. The number of amides is 1. The van der Waals surface area contributed by atoms with E-state index in [4.69, 9.17) is 0 Å². The summed E-state index contributed by atoms with van der Waals surface area (Å²) in [6.07, 6.45) is 3.55. The van der Waals surface area contributed by atoms with Crippen LogP contribution in [0.25, 0.3) is 0 Å². The van der Waals surface area contributed by atoms with Gasteiger partial charge in [-0.3, -0.25) is 14.5 Å². The molecule has 28 heavy (non-hydrogen) atoms. The van der Waals surface area contributed by atoms with Gasteiger partial charge in [-0.2, -0.15) is 5.10 Å². The fourth-order valence-electron chi connectivity index (χ4n) is 3.26. The van der Waals surface area contributed by atoms with Crippen molar-refractivity contribution in [3.63, 3.8) is 0 Å². The lowest BCUT2D eigenvalue weighted by atomic mass is 9.98. The molecule has 5 nitrogen and oxygen atoms in total. The molecule has 0 bridgehead atoms. The van der Waals surface area contributed by atoms with E-state index >= 15 is 0 Å². The number of benzene rings is 1. The van der Waals surface area contributed by atoms with E-state index in [0.29, 0.717) is 6.54 Å². The number of hydrogen-bond acceptors (Lipinski definition) is 3. The van der Waals surface area contributed by atoms with Crippen LogP contribution in [0.5, 0.6) is 0 Å². The summed E-state index contributed by atoms with van der Waals surface area (Å²) in [5.41, 5.74) is 6.50. The van der Waals surface area contributed by atoms with Crippen LogP contribution in [0.3, 0.4) is 0 Å². The standard InChI is InChI=1S/C23H28N4O/c1-15-8-10-20(11-9-15)22(21-7-6-12-24-13-21)25-23(28)16(2)14-27-19(5)17(3)18(4)26-27/h6-13,16,22H,14H2,1-5H3,(H,25,28). The summed E-state index contributed by atoms with van der Waals surface area (Å²) in [6.45, 7) is 10.7. The summed E-state index contributed by atoms with van der Waals surface area (Å²) in [5.74, 6) is -0.207. The van der Waals surface area contributed by atoms with Crippen LogP contribution in [0.15, 0.2) is 48.8 Å². The van der Waals surface area contributed by atoms with E-state index in [9.17, 15) is 4.79 Å². The average molecular weight is 377 g/mol. The smallest absolute Gasteiger partial charge is 0.225 e. The summed E-state index contributed by atoms with van der Waals surface area (Å²) >= 11 is 0. The molecule has 1 N–H and O–H groups in total. The molecule has 2 atom stereocenters. The number of nitrogens with zero attached hydrogens (tertiary/aromatic N) is 3. The molecule has 0 aliphatic rings. The van der Waals surface area contributed by atoms with E-state index < -0.39 is 0 Å². The topological polar surface area (TPSA) is 59.8 Å².